The van der Waals surface area contributed by atoms with Gasteiger partial charge in [-0.05, 0) is 0 Å². The van der Waals surface area contributed by atoms with Gasteiger partial charge in [-0.1, -0.05) is 0 Å². The Kier molecular flexibility index (Phi) is 2.63. The molecule has 0 saturated carbocycles. The molecule has 0 aliphatic carbocycles. The van der Waals surface area contributed by atoms with E-state index in [0.717, 1.165) is 0 Å². The Morgan fingerprint density at radius 2 is 0.938 bits per heavy atom. The first-order valence-corrected chi connectivity index (χ1v) is 3.80. The fourth-order valence-electron chi connectivity index (χ4n) is 1.14. The first-order chi connectivity index (χ1) is 7.62. The maximum Gasteiger partial charge on any atom is 0.236 e. The second-order valence-corrected chi connectivity index (χ2v) is 2.61. The van der Waals surface area contributed by atoms with Crippen molar-refractivity contribution in [2.75, 3.05) is 0 Å². The molecule has 0 heterocycles. The third-order valence-electron chi connectivity index (χ3n) is 1.86. The van der Waals surface area contributed by atoms with Crippen LogP contribution in [0.1, 0.15) is 0 Å². The van der Waals surface area contributed by atoms with Crippen LogP contribution in [0, 0.1) is 45.3 Å². The summed E-state index contributed by atoms with van der Waals surface area (Å²) in [7, 11) is 0. The average Bonchev–Trinajstić information content (AvgIpc) is 2.33. The summed E-state index contributed by atoms with van der Waals surface area (Å²) >= 11 is 0. The average molecular weight is 208 g/mol. The minimum absolute atomic E-state index is 0.437. The summed E-state index contributed by atoms with van der Waals surface area (Å²) in [6.45, 7) is 0. The summed E-state index contributed by atoms with van der Waals surface area (Å²) < 4.78 is 0. The van der Waals surface area contributed by atoms with Crippen LogP contribution in [0.25, 0.3) is 11.1 Å². The first-order valence-electron chi connectivity index (χ1n) is 3.80. The highest BCUT2D eigenvalue weighted by atomic mass is 16.2. The van der Waals surface area contributed by atoms with E-state index in [1.807, 2.05) is 0 Å². The second-order valence-electron chi connectivity index (χ2n) is 2.61. The minimum atomic E-state index is -1.02. The highest BCUT2D eigenvalue weighted by Gasteiger charge is 2.16. The number of rotatable bonds is 0. The largest absolute Gasteiger partial charge is 0.285 e. The molecule has 0 unspecified atom stereocenters. The van der Waals surface area contributed by atoms with Crippen molar-refractivity contribution in [3.05, 3.63) is 30.9 Å². The zero-order chi connectivity index (χ0) is 12.3. The van der Waals surface area contributed by atoms with E-state index in [1.165, 1.54) is 24.3 Å². The van der Waals surface area contributed by atoms with Gasteiger partial charge in [-0.25, -0.2) is 0 Å². The molecule has 16 heavy (non-hydrogen) atoms. The van der Waals surface area contributed by atoms with Crippen LogP contribution in [0.4, 0.5) is 0 Å². The van der Waals surface area contributed by atoms with Gasteiger partial charge in [0.25, 0.3) is 0 Å². The van der Waals surface area contributed by atoms with Crippen LogP contribution < -0.4 is 21.3 Å². The van der Waals surface area contributed by atoms with Gasteiger partial charge in [-0.3, -0.25) is 9.59 Å². The highest BCUT2D eigenvalue weighted by molar-refractivity contribution is 5.78. The molecular weight excluding hydrogens is 208 g/mol. The highest BCUT2D eigenvalue weighted by Crippen LogP contribution is 1.84. The summed E-state index contributed by atoms with van der Waals surface area (Å²) in [5.74, 6) is 0. The molecule has 1 aromatic rings. The Hall–Kier alpha value is -3.22. The normalized spacial score (nSPS) is 8.25. The molecule has 0 amide bonds. The molecular formula is C10N4O2. The quantitative estimate of drug-likeness (QED) is 0.440. The molecule has 0 fully saturated rings. The number of hydrogen-bond donors (Lipinski definition) is 0. The van der Waals surface area contributed by atoms with Crippen LogP contribution >= 0.6 is 0 Å². The Labute approximate surface area is 88.1 Å². The Morgan fingerprint density at radius 3 is 1.12 bits per heavy atom. The summed E-state index contributed by atoms with van der Waals surface area (Å²) in [5.41, 5.74) is -3.17. The van der Waals surface area contributed by atoms with Crippen LogP contribution in [-0.2, 0) is 0 Å². The molecule has 0 aromatic heterocycles. The van der Waals surface area contributed by atoms with Crippen LogP contribution in [0.2, 0.25) is 0 Å². The maximum absolute atomic E-state index is 11.1. The SMILES string of the molecule is N#CC(C#N)=c1c(=O)c(=O)c1=C(C#N)C#N. The molecule has 0 atom stereocenters. The van der Waals surface area contributed by atoms with Crippen LogP contribution in [-0.4, -0.2) is 0 Å². The van der Waals surface area contributed by atoms with E-state index in [9.17, 15) is 9.59 Å². The van der Waals surface area contributed by atoms with Gasteiger partial charge in [-0.2, -0.15) is 21.0 Å². The summed E-state index contributed by atoms with van der Waals surface area (Å²) in [6.07, 6.45) is 0. The first kappa shape index (κ1) is 10.9. The van der Waals surface area contributed by atoms with Gasteiger partial charge in [0.15, 0.2) is 0 Å². The van der Waals surface area contributed by atoms with Crippen molar-refractivity contribution in [3.8, 4) is 24.3 Å². The van der Waals surface area contributed by atoms with Crippen molar-refractivity contribution < 1.29 is 0 Å². The fraction of sp³-hybridized carbons (Fsp3) is 0. The van der Waals surface area contributed by atoms with Gasteiger partial charge < -0.3 is 0 Å². The lowest BCUT2D eigenvalue weighted by molar-refractivity contribution is 1.25. The van der Waals surface area contributed by atoms with Gasteiger partial charge in [0.2, 0.25) is 10.9 Å². The van der Waals surface area contributed by atoms with Crippen molar-refractivity contribution in [2.24, 2.45) is 0 Å². The molecule has 6 nitrogen and oxygen atoms in total. The third-order valence-corrected chi connectivity index (χ3v) is 1.86. The van der Waals surface area contributed by atoms with Crippen molar-refractivity contribution in [1.82, 2.24) is 0 Å². The van der Waals surface area contributed by atoms with Crippen LogP contribution in [0.15, 0.2) is 9.59 Å². The summed E-state index contributed by atoms with van der Waals surface area (Å²) in [6, 6.07) is 5.72. The molecule has 1 rings (SSSR count). The molecule has 0 aliphatic rings. The van der Waals surface area contributed by atoms with Crippen molar-refractivity contribution in [2.45, 2.75) is 0 Å². The Morgan fingerprint density at radius 1 is 0.688 bits per heavy atom. The zero-order valence-corrected chi connectivity index (χ0v) is 7.61. The lowest BCUT2D eigenvalue weighted by Gasteiger charge is -1.91. The molecule has 0 saturated heterocycles. The van der Waals surface area contributed by atoms with E-state index >= 15 is 0 Å². The number of nitrogens with zero attached hydrogens (tertiary/aromatic N) is 4. The smallest absolute Gasteiger partial charge is 0.236 e. The predicted octanol–water partition coefficient (Wildman–Crippen LogP) is -2.32. The standard InChI is InChI=1S/C10N4O2/c11-1-5(2-12)7-8(6(3-13)4-14)10(16)9(7)15. The van der Waals surface area contributed by atoms with Crippen molar-refractivity contribution in [1.29, 1.82) is 21.0 Å². The molecule has 0 N–H and O–H groups in total. The van der Waals surface area contributed by atoms with E-state index in [0.29, 0.717) is 0 Å². The van der Waals surface area contributed by atoms with Gasteiger partial charge in [0.1, 0.15) is 35.4 Å². The number of nitriles is 4. The lowest BCUT2D eigenvalue weighted by Crippen LogP contribution is -2.66. The molecule has 72 valence electrons. The molecule has 0 spiro atoms. The third kappa shape index (κ3) is 1.24. The van der Waals surface area contributed by atoms with Crippen molar-refractivity contribution >= 4 is 11.1 Å². The molecule has 0 radical (unpaired) electrons. The predicted molar refractivity (Wildman–Crippen MR) is 49.9 cm³/mol. The zero-order valence-electron chi connectivity index (χ0n) is 7.61. The van der Waals surface area contributed by atoms with E-state index < -0.39 is 32.4 Å². The summed E-state index contributed by atoms with van der Waals surface area (Å²) in [5, 5.41) is 33.2. The van der Waals surface area contributed by atoms with E-state index in [4.69, 9.17) is 21.0 Å². The van der Waals surface area contributed by atoms with Crippen LogP contribution in [0.3, 0.4) is 0 Å². The topological polar surface area (TPSA) is 129 Å². The van der Waals surface area contributed by atoms with Gasteiger partial charge in [-0.15, -0.1) is 0 Å². The van der Waals surface area contributed by atoms with Crippen LogP contribution in [0.5, 0.6) is 0 Å². The lowest BCUT2D eigenvalue weighted by atomic mass is 10.0. The second kappa shape index (κ2) is 3.88. The maximum atomic E-state index is 11.1. The van der Waals surface area contributed by atoms with E-state index in [-0.39, 0.29) is 0 Å². The molecule has 6 heteroatoms. The van der Waals surface area contributed by atoms with Gasteiger partial charge >= 0.3 is 0 Å². The summed E-state index contributed by atoms with van der Waals surface area (Å²) in [4.78, 5) is 22.2. The fourth-order valence-corrected chi connectivity index (χ4v) is 1.14. The monoisotopic (exact) mass is 208 g/mol. The Bertz CT molecular complexity index is 721. The Balaban J connectivity index is 4.18. The number of hydrogen-bond acceptors (Lipinski definition) is 6. The van der Waals surface area contributed by atoms with Gasteiger partial charge in [0, 0.05) is 0 Å². The van der Waals surface area contributed by atoms with E-state index in [1.54, 1.807) is 0 Å². The van der Waals surface area contributed by atoms with E-state index in [2.05, 4.69) is 0 Å². The van der Waals surface area contributed by atoms with Crippen molar-refractivity contribution in [3.63, 3.8) is 0 Å². The molecule has 1 aromatic carbocycles. The molecule has 0 aliphatic heterocycles. The minimum Gasteiger partial charge on any atom is -0.285 e. The molecule has 0 bridgehead atoms. The van der Waals surface area contributed by atoms with Gasteiger partial charge in [0.05, 0.1) is 10.4 Å².